The molecule has 0 fully saturated rings. The van der Waals surface area contributed by atoms with Crippen molar-refractivity contribution in [3.8, 4) is 5.75 Å². The minimum absolute atomic E-state index is 0.0313. The lowest BCUT2D eigenvalue weighted by molar-refractivity contribution is -0.121. The highest BCUT2D eigenvalue weighted by molar-refractivity contribution is 5.80. The van der Waals surface area contributed by atoms with Gasteiger partial charge in [0.25, 0.3) is 0 Å². The molecule has 120 valence electrons. The number of nitrogens with zero attached hydrogens (tertiary/aromatic N) is 2. The molecule has 0 aliphatic carbocycles. The Hall–Kier alpha value is -2.76. The molecule has 0 aliphatic rings. The van der Waals surface area contributed by atoms with E-state index in [1.165, 1.54) is 0 Å². The summed E-state index contributed by atoms with van der Waals surface area (Å²) in [5, 5.41) is 8.17. The van der Waals surface area contributed by atoms with Crippen molar-refractivity contribution in [2.75, 3.05) is 7.11 Å². The molecular formula is C17H19N3O3. The maximum absolute atomic E-state index is 11.9. The monoisotopic (exact) mass is 313 g/mol. The van der Waals surface area contributed by atoms with Crippen LogP contribution in [-0.4, -0.2) is 22.8 Å². The number of hydrogen-bond donors (Lipinski definition) is 1. The van der Waals surface area contributed by atoms with Crippen LogP contribution in [0.25, 0.3) is 10.9 Å². The van der Waals surface area contributed by atoms with Crippen molar-refractivity contribution in [2.24, 2.45) is 0 Å². The normalized spacial score (nSPS) is 10.9. The lowest BCUT2D eigenvalue weighted by Gasteiger charge is -2.05. The van der Waals surface area contributed by atoms with Crippen molar-refractivity contribution in [1.29, 1.82) is 0 Å². The summed E-state index contributed by atoms with van der Waals surface area (Å²) in [6.45, 7) is 2.81. The molecule has 0 unspecified atom stereocenters. The predicted molar refractivity (Wildman–Crippen MR) is 86.2 cm³/mol. The Morgan fingerprint density at radius 2 is 2.22 bits per heavy atom. The topological polar surface area (TPSA) is 69.3 Å². The first kappa shape index (κ1) is 15.1. The fourth-order valence-corrected chi connectivity index (χ4v) is 2.43. The Balaban J connectivity index is 1.56. The number of aryl methyl sites for hydroxylation is 2. The maximum atomic E-state index is 11.9. The summed E-state index contributed by atoms with van der Waals surface area (Å²) in [5.74, 6) is 2.36. The van der Waals surface area contributed by atoms with Gasteiger partial charge in [-0.15, -0.1) is 0 Å². The molecule has 1 amide bonds. The smallest absolute Gasteiger partial charge is 0.222 e. The molecule has 3 aromatic rings. The van der Waals surface area contributed by atoms with Gasteiger partial charge in [-0.25, -0.2) is 0 Å². The van der Waals surface area contributed by atoms with Crippen LogP contribution >= 0.6 is 0 Å². The molecule has 2 heterocycles. The molecule has 0 aliphatic heterocycles. The standard InChI is InChI=1S/C17H19N3O3/c1-12-3-4-15(23-12)11-18-17(21)7-8-20-16-6-5-14(22-2)9-13(16)10-19-20/h3-6,9-10H,7-8,11H2,1-2H3,(H,18,21). The number of nitrogens with one attached hydrogen (secondary N) is 1. The molecule has 6 nitrogen and oxygen atoms in total. The lowest BCUT2D eigenvalue weighted by Crippen LogP contribution is -2.23. The van der Waals surface area contributed by atoms with E-state index in [2.05, 4.69) is 10.4 Å². The van der Waals surface area contributed by atoms with E-state index in [-0.39, 0.29) is 5.91 Å². The molecule has 0 bridgehead atoms. The Morgan fingerprint density at radius 1 is 1.35 bits per heavy atom. The molecule has 0 saturated heterocycles. The summed E-state index contributed by atoms with van der Waals surface area (Å²) < 4.78 is 12.4. The first-order chi connectivity index (χ1) is 11.2. The van der Waals surface area contributed by atoms with Gasteiger partial charge in [-0.1, -0.05) is 0 Å². The van der Waals surface area contributed by atoms with Crippen LogP contribution in [0.3, 0.4) is 0 Å². The van der Waals surface area contributed by atoms with Crippen molar-refractivity contribution in [2.45, 2.75) is 26.4 Å². The van der Waals surface area contributed by atoms with Gasteiger partial charge < -0.3 is 14.5 Å². The van der Waals surface area contributed by atoms with Crippen molar-refractivity contribution in [3.05, 3.63) is 48.0 Å². The highest BCUT2D eigenvalue weighted by Gasteiger charge is 2.07. The summed E-state index contributed by atoms with van der Waals surface area (Å²) in [4.78, 5) is 11.9. The van der Waals surface area contributed by atoms with E-state index < -0.39 is 0 Å². The van der Waals surface area contributed by atoms with Crippen LogP contribution in [0.4, 0.5) is 0 Å². The van der Waals surface area contributed by atoms with Gasteiger partial charge in [0.05, 0.1) is 31.9 Å². The average Bonchev–Trinajstić information content (AvgIpc) is 3.16. The molecule has 0 spiro atoms. The molecule has 0 atom stereocenters. The van der Waals surface area contributed by atoms with Crippen LogP contribution in [0.15, 0.2) is 40.9 Å². The number of hydrogen-bond acceptors (Lipinski definition) is 4. The van der Waals surface area contributed by atoms with Crippen LogP contribution in [0.1, 0.15) is 17.9 Å². The number of carbonyl (C=O) groups is 1. The minimum atomic E-state index is -0.0313. The van der Waals surface area contributed by atoms with Gasteiger partial charge in [-0.3, -0.25) is 9.48 Å². The van der Waals surface area contributed by atoms with Gasteiger partial charge in [-0.05, 0) is 37.3 Å². The second-order valence-electron chi connectivity index (χ2n) is 5.33. The molecule has 1 N–H and O–H groups in total. The zero-order valence-corrected chi connectivity index (χ0v) is 13.2. The average molecular weight is 313 g/mol. The van der Waals surface area contributed by atoms with Crippen molar-refractivity contribution >= 4 is 16.8 Å². The number of aromatic nitrogens is 2. The third-order valence-electron chi connectivity index (χ3n) is 3.66. The Bertz CT molecular complexity index is 819. The number of ether oxygens (including phenoxy) is 1. The second-order valence-corrected chi connectivity index (χ2v) is 5.33. The fourth-order valence-electron chi connectivity index (χ4n) is 2.43. The first-order valence-corrected chi connectivity index (χ1v) is 7.47. The highest BCUT2D eigenvalue weighted by atomic mass is 16.5. The van der Waals surface area contributed by atoms with E-state index >= 15 is 0 Å². The molecule has 0 radical (unpaired) electrons. The number of fused-ring (bicyclic) bond motifs is 1. The lowest BCUT2D eigenvalue weighted by atomic mass is 10.2. The molecule has 3 rings (SSSR count). The van der Waals surface area contributed by atoms with E-state index in [1.807, 2.05) is 41.9 Å². The van der Waals surface area contributed by atoms with E-state index in [1.54, 1.807) is 13.3 Å². The van der Waals surface area contributed by atoms with Crippen LogP contribution in [0, 0.1) is 6.92 Å². The van der Waals surface area contributed by atoms with E-state index in [9.17, 15) is 4.79 Å². The van der Waals surface area contributed by atoms with Crippen molar-refractivity contribution in [1.82, 2.24) is 15.1 Å². The number of benzene rings is 1. The van der Waals surface area contributed by atoms with Crippen molar-refractivity contribution in [3.63, 3.8) is 0 Å². The summed E-state index contributed by atoms with van der Waals surface area (Å²) in [6.07, 6.45) is 2.14. The van der Waals surface area contributed by atoms with Crippen molar-refractivity contribution < 1.29 is 13.9 Å². The zero-order valence-electron chi connectivity index (χ0n) is 13.2. The van der Waals surface area contributed by atoms with Gasteiger partial charge in [0, 0.05) is 11.8 Å². The summed E-state index contributed by atoms with van der Waals surface area (Å²) in [5.41, 5.74) is 0.986. The molecule has 23 heavy (non-hydrogen) atoms. The summed E-state index contributed by atoms with van der Waals surface area (Å²) >= 11 is 0. The van der Waals surface area contributed by atoms with Crippen LogP contribution < -0.4 is 10.1 Å². The third-order valence-corrected chi connectivity index (χ3v) is 3.66. The number of amides is 1. The fraction of sp³-hybridized carbons (Fsp3) is 0.294. The van der Waals surface area contributed by atoms with E-state index in [0.29, 0.717) is 19.5 Å². The Kier molecular flexibility index (Phi) is 4.32. The summed E-state index contributed by atoms with van der Waals surface area (Å²) in [6, 6.07) is 9.51. The van der Waals surface area contributed by atoms with Crippen LogP contribution in [0.2, 0.25) is 0 Å². The Labute approximate surface area is 134 Å². The number of methoxy groups -OCH3 is 1. The van der Waals surface area contributed by atoms with Crippen LogP contribution in [0.5, 0.6) is 5.75 Å². The van der Waals surface area contributed by atoms with E-state index in [0.717, 1.165) is 28.2 Å². The molecule has 1 aromatic carbocycles. The number of furan rings is 1. The quantitative estimate of drug-likeness (QED) is 0.759. The molecule has 6 heteroatoms. The van der Waals surface area contributed by atoms with E-state index in [4.69, 9.17) is 9.15 Å². The molecular weight excluding hydrogens is 294 g/mol. The molecule has 0 saturated carbocycles. The predicted octanol–water partition coefficient (Wildman–Crippen LogP) is 2.65. The van der Waals surface area contributed by atoms with Gasteiger partial charge in [-0.2, -0.15) is 5.10 Å². The second kappa shape index (κ2) is 6.56. The van der Waals surface area contributed by atoms with Gasteiger partial charge in [0.1, 0.15) is 17.3 Å². The third kappa shape index (κ3) is 3.53. The van der Waals surface area contributed by atoms with Crippen LogP contribution in [-0.2, 0) is 17.9 Å². The van der Waals surface area contributed by atoms with Gasteiger partial charge >= 0.3 is 0 Å². The highest BCUT2D eigenvalue weighted by Crippen LogP contribution is 2.20. The van der Waals surface area contributed by atoms with Gasteiger partial charge in [0.15, 0.2) is 0 Å². The minimum Gasteiger partial charge on any atom is -0.497 e. The number of carbonyl (C=O) groups excluding carboxylic acids is 1. The number of rotatable bonds is 6. The van der Waals surface area contributed by atoms with Gasteiger partial charge in [0.2, 0.25) is 5.91 Å². The SMILES string of the molecule is COc1ccc2c(cnn2CCC(=O)NCc2ccc(C)o2)c1. The summed E-state index contributed by atoms with van der Waals surface area (Å²) in [7, 11) is 1.64. The molecule has 2 aromatic heterocycles. The maximum Gasteiger partial charge on any atom is 0.222 e. The largest absolute Gasteiger partial charge is 0.497 e. The zero-order chi connectivity index (χ0) is 16.2. The first-order valence-electron chi connectivity index (χ1n) is 7.47. The Morgan fingerprint density at radius 3 is 2.96 bits per heavy atom.